The van der Waals surface area contributed by atoms with Crippen LogP contribution in [0.1, 0.15) is 27.7 Å². The molecule has 0 N–H and O–H groups in total. The summed E-state index contributed by atoms with van der Waals surface area (Å²) in [6.45, 7) is 8.71. The van der Waals surface area contributed by atoms with E-state index in [1.807, 2.05) is 0 Å². The first kappa shape index (κ1) is 24.9. The predicted molar refractivity (Wildman–Crippen MR) is 134 cm³/mol. The molecule has 0 bridgehead atoms. The third-order valence-corrected chi connectivity index (χ3v) is 7.74. The second kappa shape index (κ2) is 13.1. The van der Waals surface area contributed by atoms with Crippen LogP contribution in [0, 0.1) is 0 Å². The molecule has 0 heterocycles. The number of hydrogen-bond acceptors (Lipinski definition) is 0. The van der Waals surface area contributed by atoms with E-state index < -0.39 is 7.92 Å². The van der Waals surface area contributed by atoms with Gasteiger partial charge in [0.15, 0.2) is 0 Å². The van der Waals surface area contributed by atoms with Crippen molar-refractivity contribution in [3.63, 3.8) is 0 Å². The fourth-order valence-electron chi connectivity index (χ4n) is 3.24. The number of allylic oxidation sites excluding steroid dienone is 4. The Bertz CT molecular complexity index is 821. The van der Waals surface area contributed by atoms with Crippen LogP contribution in [0.15, 0.2) is 113 Å². The van der Waals surface area contributed by atoms with E-state index in [0.717, 1.165) is 0 Å². The van der Waals surface area contributed by atoms with Crippen LogP contribution < -0.4 is 15.9 Å². The van der Waals surface area contributed by atoms with Crippen molar-refractivity contribution in [3.05, 3.63) is 113 Å². The molecule has 0 spiro atoms. The van der Waals surface area contributed by atoms with Crippen LogP contribution in [0.5, 0.6) is 0 Å². The molecule has 4 rings (SSSR count). The van der Waals surface area contributed by atoms with E-state index in [2.05, 4.69) is 119 Å². The van der Waals surface area contributed by atoms with Gasteiger partial charge in [0.1, 0.15) is 0 Å². The Balaban J connectivity index is 0.000000243. The minimum absolute atomic E-state index is 0.446. The third-order valence-electron chi connectivity index (χ3n) is 5.29. The maximum absolute atomic E-state index is 4.70. The van der Waals surface area contributed by atoms with Crippen molar-refractivity contribution in [2.24, 2.45) is 0 Å². The summed E-state index contributed by atoms with van der Waals surface area (Å²) in [6, 6.07) is 32.3. The van der Waals surface area contributed by atoms with Crippen molar-refractivity contribution in [1.82, 2.24) is 0 Å². The SMILES string of the molecule is CC1=C(C)C(C)=C1C.[Cl][Ni][Cl].c1ccc(P(c2ccccc2)c2ccccc2)cc1. The fourth-order valence-corrected chi connectivity index (χ4v) is 5.55. The molecule has 3 aromatic rings. The molecule has 0 radical (unpaired) electrons. The molecule has 0 aliphatic heterocycles. The monoisotopic (exact) mass is 498 g/mol. The van der Waals surface area contributed by atoms with E-state index in [4.69, 9.17) is 20.4 Å². The largest absolute Gasteiger partial charge is 0.0622 e. The van der Waals surface area contributed by atoms with Gasteiger partial charge in [-0.3, -0.25) is 0 Å². The Morgan fingerprint density at radius 3 is 0.867 bits per heavy atom. The molecule has 0 atom stereocenters. The molecule has 160 valence electrons. The summed E-state index contributed by atoms with van der Waals surface area (Å²) in [5.74, 6) is 0. The van der Waals surface area contributed by atoms with Crippen LogP contribution in [-0.2, 0) is 12.7 Å². The number of hydrogen-bond donors (Lipinski definition) is 0. The average Bonchev–Trinajstić information content (AvgIpc) is 2.81. The van der Waals surface area contributed by atoms with Crippen molar-refractivity contribution in [1.29, 1.82) is 0 Å². The van der Waals surface area contributed by atoms with Crippen molar-refractivity contribution in [2.75, 3.05) is 0 Å². The first-order valence-electron chi connectivity index (χ1n) is 9.64. The van der Waals surface area contributed by atoms with Crippen molar-refractivity contribution in [3.8, 4) is 0 Å². The summed E-state index contributed by atoms with van der Waals surface area (Å²) in [5, 5.41) is 4.19. The molecule has 3 aromatic carbocycles. The van der Waals surface area contributed by atoms with Gasteiger partial charge in [-0.05, 0) is 73.8 Å². The Morgan fingerprint density at radius 1 is 0.467 bits per heavy atom. The van der Waals surface area contributed by atoms with Crippen molar-refractivity contribution < 1.29 is 12.7 Å². The first-order chi connectivity index (χ1) is 14.5. The molecular formula is C26H27Cl2NiP. The molecule has 1 aliphatic rings. The summed E-state index contributed by atoms with van der Waals surface area (Å²) in [4.78, 5) is 0. The van der Waals surface area contributed by atoms with Crippen LogP contribution in [0.3, 0.4) is 0 Å². The van der Waals surface area contributed by atoms with Crippen molar-refractivity contribution in [2.45, 2.75) is 27.7 Å². The van der Waals surface area contributed by atoms with E-state index in [0.29, 0.717) is 12.7 Å². The van der Waals surface area contributed by atoms with Crippen LogP contribution in [-0.4, -0.2) is 0 Å². The second-order valence-electron chi connectivity index (χ2n) is 6.89. The van der Waals surface area contributed by atoms with Crippen LogP contribution in [0.25, 0.3) is 0 Å². The van der Waals surface area contributed by atoms with Gasteiger partial charge >= 0.3 is 33.0 Å². The first-order valence-corrected chi connectivity index (χ1v) is 13.7. The molecule has 0 unspecified atom stereocenters. The molecule has 0 amide bonds. The van der Waals surface area contributed by atoms with Crippen LogP contribution in [0.2, 0.25) is 0 Å². The summed E-state index contributed by atoms with van der Waals surface area (Å²) >= 11 is 0.569. The predicted octanol–water partition coefficient (Wildman–Crippen LogP) is 7.49. The summed E-state index contributed by atoms with van der Waals surface area (Å²) in [5.41, 5.74) is 5.95. The topological polar surface area (TPSA) is 0 Å². The molecule has 0 nitrogen and oxygen atoms in total. The smallest absolute Gasteiger partial charge is 0.0134 e. The minimum atomic E-state index is -0.446. The van der Waals surface area contributed by atoms with E-state index in [1.54, 1.807) is 0 Å². The molecule has 4 heteroatoms. The Morgan fingerprint density at radius 2 is 0.667 bits per heavy atom. The van der Waals surface area contributed by atoms with Crippen LogP contribution in [0.4, 0.5) is 0 Å². The number of benzene rings is 3. The van der Waals surface area contributed by atoms with Gasteiger partial charge in [0.25, 0.3) is 0 Å². The zero-order valence-corrected chi connectivity index (χ0v) is 21.1. The van der Waals surface area contributed by atoms with Gasteiger partial charge in [-0.15, -0.1) is 0 Å². The minimum Gasteiger partial charge on any atom is -0.0622 e. The Kier molecular flexibility index (Phi) is 10.9. The molecule has 0 aromatic heterocycles. The summed E-state index contributed by atoms with van der Waals surface area (Å²) in [7, 11) is 8.96. The van der Waals surface area contributed by atoms with Gasteiger partial charge in [-0.1, -0.05) is 91.0 Å². The standard InChI is InChI=1S/C18H15P.C8H12.2ClH.Ni/c1-4-10-16(11-5-1)19(17-12-6-2-7-13-17)18-14-8-3-9-15-18;1-5-6(2)8(4)7(5)3;;;/h1-15H;1-4H3;2*1H;/q;;;;+2/p-2. The molecule has 0 fully saturated rings. The van der Waals surface area contributed by atoms with Gasteiger partial charge in [-0.25, -0.2) is 0 Å². The molecular weight excluding hydrogens is 473 g/mol. The molecule has 1 aliphatic carbocycles. The zero-order valence-electron chi connectivity index (χ0n) is 17.7. The van der Waals surface area contributed by atoms with Gasteiger partial charge in [0.05, 0.1) is 0 Å². The molecule has 0 saturated heterocycles. The third kappa shape index (κ3) is 6.83. The van der Waals surface area contributed by atoms with E-state index in [1.165, 1.54) is 38.2 Å². The maximum atomic E-state index is 4.70. The van der Waals surface area contributed by atoms with E-state index >= 15 is 0 Å². The van der Waals surface area contributed by atoms with E-state index in [9.17, 15) is 0 Å². The Labute approximate surface area is 197 Å². The normalized spacial score (nSPS) is 12.6. The summed E-state index contributed by atoms with van der Waals surface area (Å²) < 4.78 is 0. The molecule has 0 saturated carbocycles. The number of rotatable bonds is 3. The zero-order chi connectivity index (χ0) is 21.9. The molecule has 30 heavy (non-hydrogen) atoms. The average molecular weight is 500 g/mol. The van der Waals surface area contributed by atoms with Gasteiger partial charge in [0.2, 0.25) is 0 Å². The van der Waals surface area contributed by atoms with E-state index in [-0.39, 0.29) is 0 Å². The van der Waals surface area contributed by atoms with Crippen LogP contribution >= 0.6 is 28.3 Å². The fraction of sp³-hybridized carbons (Fsp3) is 0.154. The number of halogens is 2. The van der Waals surface area contributed by atoms with Gasteiger partial charge in [-0.2, -0.15) is 0 Å². The second-order valence-corrected chi connectivity index (χ2v) is 10.7. The van der Waals surface area contributed by atoms with Gasteiger partial charge in [0, 0.05) is 0 Å². The van der Waals surface area contributed by atoms with Crippen molar-refractivity contribution >= 4 is 44.2 Å². The Hall–Kier alpha value is -1.36. The summed E-state index contributed by atoms with van der Waals surface area (Å²) in [6.07, 6.45) is 0. The maximum Gasteiger partial charge on any atom is -0.0134 e. The van der Waals surface area contributed by atoms with Gasteiger partial charge < -0.3 is 0 Å². The quantitative estimate of drug-likeness (QED) is 0.258.